The number of halogens is 2. The van der Waals surface area contributed by atoms with Crippen LogP contribution in [0.2, 0.25) is 10.0 Å². The van der Waals surface area contributed by atoms with Gasteiger partial charge in [-0.25, -0.2) is 13.2 Å². The summed E-state index contributed by atoms with van der Waals surface area (Å²) in [5, 5.41) is 3.23. The number of hydrogen-bond acceptors (Lipinski definition) is 5. The summed E-state index contributed by atoms with van der Waals surface area (Å²) in [7, 11) is -2.56. The van der Waals surface area contributed by atoms with Gasteiger partial charge in [-0.05, 0) is 48.9 Å². The monoisotopic (exact) mass is 458 g/mol. The van der Waals surface area contributed by atoms with E-state index in [0.717, 1.165) is 10.6 Å². The molecule has 1 N–H and O–H groups in total. The molecule has 0 aliphatic heterocycles. The van der Waals surface area contributed by atoms with Crippen molar-refractivity contribution in [1.82, 2.24) is 0 Å². The zero-order valence-electron chi connectivity index (χ0n) is 16.0. The minimum Gasteiger partial charge on any atom is -0.465 e. The average Bonchev–Trinajstić information content (AvgIpc) is 2.67. The van der Waals surface area contributed by atoms with Crippen LogP contribution in [-0.2, 0) is 19.6 Å². The zero-order chi connectivity index (χ0) is 21.8. The van der Waals surface area contributed by atoms with Crippen LogP contribution >= 0.6 is 23.2 Å². The van der Waals surface area contributed by atoms with Crippen molar-refractivity contribution in [2.45, 2.75) is 19.4 Å². The Kier molecular flexibility index (Phi) is 7.51. The molecular weight excluding hydrogens is 439 g/mol. The minimum atomic E-state index is -3.79. The van der Waals surface area contributed by atoms with E-state index in [-0.39, 0.29) is 22.7 Å². The summed E-state index contributed by atoms with van der Waals surface area (Å²) in [6.45, 7) is 1.69. The maximum Gasteiger partial charge on any atom is 0.337 e. The van der Waals surface area contributed by atoms with Gasteiger partial charge in [-0.15, -0.1) is 0 Å². The van der Waals surface area contributed by atoms with Gasteiger partial charge in [0.25, 0.3) is 0 Å². The number of sulfonamides is 1. The first kappa shape index (κ1) is 23.0. The molecule has 2 aromatic rings. The van der Waals surface area contributed by atoms with Gasteiger partial charge in [0.2, 0.25) is 15.9 Å². The predicted molar refractivity (Wildman–Crippen MR) is 114 cm³/mol. The van der Waals surface area contributed by atoms with E-state index in [1.807, 2.05) is 0 Å². The van der Waals surface area contributed by atoms with E-state index in [4.69, 9.17) is 23.2 Å². The molecule has 1 atom stereocenters. The molecule has 0 saturated carbocycles. The Balaban J connectivity index is 2.40. The molecule has 7 nitrogen and oxygen atoms in total. The van der Waals surface area contributed by atoms with Crippen LogP contribution in [0.25, 0.3) is 0 Å². The lowest BCUT2D eigenvalue weighted by molar-refractivity contribution is -0.117. The molecule has 2 aromatic carbocycles. The molecule has 0 unspecified atom stereocenters. The van der Waals surface area contributed by atoms with Crippen LogP contribution in [-0.4, -0.2) is 39.7 Å². The van der Waals surface area contributed by atoms with Crippen molar-refractivity contribution in [3.8, 4) is 0 Å². The highest BCUT2D eigenvalue weighted by atomic mass is 35.5. The fourth-order valence-corrected chi connectivity index (χ4v) is 4.23. The van der Waals surface area contributed by atoms with Crippen LogP contribution in [0, 0.1) is 0 Å². The van der Waals surface area contributed by atoms with Crippen LogP contribution in [0.15, 0.2) is 42.5 Å². The van der Waals surface area contributed by atoms with Gasteiger partial charge in [0.1, 0.15) is 6.04 Å². The van der Waals surface area contributed by atoms with E-state index >= 15 is 0 Å². The summed E-state index contributed by atoms with van der Waals surface area (Å²) in [4.78, 5) is 24.7. The van der Waals surface area contributed by atoms with Crippen molar-refractivity contribution in [2.75, 3.05) is 23.0 Å². The van der Waals surface area contributed by atoms with E-state index in [0.29, 0.717) is 10.7 Å². The lowest BCUT2D eigenvalue weighted by Crippen LogP contribution is -2.47. The van der Waals surface area contributed by atoms with Crippen LogP contribution in [0.5, 0.6) is 0 Å². The van der Waals surface area contributed by atoms with Crippen LogP contribution in [0.4, 0.5) is 11.4 Å². The molecule has 0 radical (unpaired) electrons. The average molecular weight is 459 g/mol. The smallest absolute Gasteiger partial charge is 0.337 e. The second-order valence-electron chi connectivity index (χ2n) is 6.13. The first-order valence-electron chi connectivity index (χ1n) is 8.52. The highest BCUT2D eigenvalue weighted by Crippen LogP contribution is 2.27. The Hall–Kier alpha value is -2.29. The van der Waals surface area contributed by atoms with Crippen molar-refractivity contribution < 1.29 is 22.7 Å². The van der Waals surface area contributed by atoms with Gasteiger partial charge in [0.05, 0.1) is 35.3 Å². The summed E-state index contributed by atoms with van der Waals surface area (Å²) < 4.78 is 30.6. The maximum absolute atomic E-state index is 13.0. The predicted octanol–water partition coefficient (Wildman–Crippen LogP) is 3.96. The summed E-state index contributed by atoms with van der Waals surface area (Å²) in [5.74, 6) is -1.19. The Labute approximate surface area is 179 Å². The SMILES string of the molecule is CC[C@H](C(=O)Nc1cc(C(=O)OC)ccc1Cl)N(c1ccc(Cl)cc1)S(C)(=O)=O. The Morgan fingerprint density at radius 3 is 2.28 bits per heavy atom. The number of esters is 1. The van der Waals surface area contributed by atoms with Gasteiger partial charge in [-0.3, -0.25) is 9.10 Å². The van der Waals surface area contributed by atoms with E-state index in [9.17, 15) is 18.0 Å². The fraction of sp³-hybridized carbons (Fsp3) is 0.263. The number of nitrogens with one attached hydrogen (secondary N) is 1. The lowest BCUT2D eigenvalue weighted by Gasteiger charge is -2.30. The van der Waals surface area contributed by atoms with Crippen molar-refractivity contribution in [1.29, 1.82) is 0 Å². The highest BCUT2D eigenvalue weighted by Gasteiger charge is 2.32. The quantitative estimate of drug-likeness (QED) is 0.633. The molecule has 156 valence electrons. The number of ether oxygens (including phenoxy) is 1. The number of hydrogen-bond donors (Lipinski definition) is 1. The van der Waals surface area contributed by atoms with E-state index in [2.05, 4.69) is 10.1 Å². The number of carbonyl (C=O) groups excluding carboxylic acids is 2. The highest BCUT2D eigenvalue weighted by molar-refractivity contribution is 7.92. The van der Waals surface area contributed by atoms with Gasteiger partial charge in [0, 0.05) is 5.02 Å². The molecule has 0 saturated heterocycles. The second kappa shape index (κ2) is 9.47. The van der Waals surface area contributed by atoms with E-state index in [1.165, 1.54) is 49.6 Å². The molecule has 0 heterocycles. The molecule has 0 fully saturated rings. The largest absolute Gasteiger partial charge is 0.465 e. The normalized spacial score (nSPS) is 12.2. The number of benzene rings is 2. The van der Waals surface area contributed by atoms with Crippen LogP contribution < -0.4 is 9.62 Å². The van der Waals surface area contributed by atoms with E-state index < -0.39 is 27.9 Å². The van der Waals surface area contributed by atoms with Gasteiger partial charge < -0.3 is 10.1 Å². The molecule has 0 spiro atoms. The van der Waals surface area contributed by atoms with Gasteiger partial charge in [0.15, 0.2) is 0 Å². The third-order valence-electron chi connectivity index (χ3n) is 4.06. The Bertz CT molecular complexity index is 1010. The minimum absolute atomic E-state index is 0.169. The molecule has 29 heavy (non-hydrogen) atoms. The van der Waals surface area contributed by atoms with Gasteiger partial charge >= 0.3 is 5.97 Å². The number of carbonyl (C=O) groups is 2. The van der Waals surface area contributed by atoms with Crippen molar-refractivity contribution in [3.63, 3.8) is 0 Å². The first-order chi connectivity index (χ1) is 13.6. The zero-order valence-corrected chi connectivity index (χ0v) is 18.3. The van der Waals surface area contributed by atoms with Crippen molar-refractivity contribution in [3.05, 3.63) is 58.1 Å². The molecular formula is C19H20Cl2N2O5S. The maximum atomic E-state index is 13.0. The van der Waals surface area contributed by atoms with E-state index in [1.54, 1.807) is 6.92 Å². The van der Waals surface area contributed by atoms with Gasteiger partial charge in [-0.1, -0.05) is 30.1 Å². The topological polar surface area (TPSA) is 92.8 Å². The Morgan fingerprint density at radius 1 is 1.14 bits per heavy atom. The lowest BCUT2D eigenvalue weighted by atomic mass is 10.1. The summed E-state index contributed by atoms with van der Waals surface area (Å²) in [5.41, 5.74) is 0.661. The van der Waals surface area contributed by atoms with Crippen molar-refractivity contribution >= 4 is 56.5 Å². The number of amides is 1. The number of anilines is 2. The molecule has 10 heteroatoms. The number of methoxy groups -OCH3 is 1. The molecule has 0 bridgehead atoms. The molecule has 0 aliphatic carbocycles. The Morgan fingerprint density at radius 2 is 1.76 bits per heavy atom. The number of rotatable bonds is 7. The van der Waals surface area contributed by atoms with Crippen molar-refractivity contribution in [2.24, 2.45) is 0 Å². The van der Waals surface area contributed by atoms with Gasteiger partial charge in [-0.2, -0.15) is 0 Å². The standard InChI is InChI=1S/C19H20Cl2N2O5S/c1-4-17(23(29(3,26)27)14-8-6-13(20)7-9-14)18(24)22-16-11-12(19(25)28-2)5-10-15(16)21/h5-11,17H,4H2,1-3H3,(H,22,24)/t17-/m1/s1. The third kappa shape index (κ3) is 5.62. The number of nitrogens with zero attached hydrogens (tertiary/aromatic N) is 1. The molecule has 0 aliphatic rings. The fourth-order valence-electron chi connectivity index (χ4n) is 2.73. The van der Waals surface area contributed by atoms with Crippen LogP contribution in [0.1, 0.15) is 23.7 Å². The van der Waals surface area contributed by atoms with Crippen LogP contribution in [0.3, 0.4) is 0 Å². The first-order valence-corrected chi connectivity index (χ1v) is 11.1. The summed E-state index contributed by atoms with van der Waals surface area (Å²) in [6.07, 6.45) is 1.21. The second-order valence-corrected chi connectivity index (χ2v) is 8.84. The summed E-state index contributed by atoms with van der Waals surface area (Å²) >= 11 is 12.0. The molecule has 1 amide bonds. The molecule has 2 rings (SSSR count). The third-order valence-corrected chi connectivity index (χ3v) is 5.82. The molecule has 0 aromatic heterocycles. The summed E-state index contributed by atoms with van der Waals surface area (Å²) in [6, 6.07) is 9.33.